The van der Waals surface area contributed by atoms with Gasteiger partial charge in [-0.2, -0.15) is 0 Å². The minimum atomic E-state index is -0.917. The lowest BCUT2D eigenvalue weighted by atomic mass is 9.91. The summed E-state index contributed by atoms with van der Waals surface area (Å²) < 4.78 is 0. The topological polar surface area (TPSA) is 110 Å². The van der Waals surface area contributed by atoms with Crippen LogP contribution in [0.25, 0.3) is 0 Å². The summed E-state index contributed by atoms with van der Waals surface area (Å²) in [6.07, 6.45) is 4.95. The summed E-state index contributed by atoms with van der Waals surface area (Å²) in [4.78, 5) is 21.6. The Balaban J connectivity index is 0. The van der Waals surface area contributed by atoms with E-state index in [1.807, 2.05) is 0 Å². The van der Waals surface area contributed by atoms with Gasteiger partial charge >= 0.3 is 11.9 Å². The number of hydrogen-bond donors (Lipinski definition) is 3. The van der Waals surface area contributed by atoms with Gasteiger partial charge in [-0.25, -0.2) is 0 Å². The number of unbranched alkanes of at least 4 members (excludes halogenated alkanes) is 3. The van der Waals surface area contributed by atoms with Crippen molar-refractivity contribution < 1.29 is 19.8 Å². The molecule has 0 fully saturated rings. The normalized spacial score (nSPS) is 13.5. The van der Waals surface area contributed by atoms with E-state index in [0.29, 0.717) is 6.42 Å². The minimum absolute atomic E-state index is 0. The average Bonchev–Trinajstić information content (AvgIpc) is 2.21. The predicted octanol–water partition coefficient (Wildman–Crippen LogP) is 2.93. The first-order chi connectivity index (χ1) is 7.49. The first-order valence-electron chi connectivity index (χ1n) is 5.94. The second-order valence-electron chi connectivity index (χ2n) is 4.36. The number of carboxylic acids is 2. The Morgan fingerprint density at radius 3 is 2.06 bits per heavy atom. The van der Waals surface area contributed by atoms with E-state index in [-0.39, 0.29) is 12.6 Å². The van der Waals surface area contributed by atoms with Gasteiger partial charge in [0.1, 0.15) is 0 Å². The summed E-state index contributed by atoms with van der Waals surface area (Å²) >= 11 is 0. The van der Waals surface area contributed by atoms with Crippen molar-refractivity contribution in [2.45, 2.75) is 52.4 Å². The predicted molar refractivity (Wildman–Crippen MR) is 66.3 cm³/mol. The SMILES string of the molecule is CCCCCCC(CC(C)C(=O)O)C(=O)O.N. The highest BCUT2D eigenvalue weighted by Gasteiger charge is 2.23. The quantitative estimate of drug-likeness (QED) is 0.542. The highest BCUT2D eigenvalue weighted by molar-refractivity contribution is 5.73. The first-order valence-corrected chi connectivity index (χ1v) is 5.94. The summed E-state index contributed by atoms with van der Waals surface area (Å²) in [5.74, 6) is -2.88. The van der Waals surface area contributed by atoms with Crippen LogP contribution in [-0.4, -0.2) is 22.2 Å². The number of aliphatic carboxylic acids is 2. The molecule has 0 aliphatic rings. The molecular weight excluding hydrogens is 222 g/mol. The fourth-order valence-electron chi connectivity index (χ4n) is 1.69. The van der Waals surface area contributed by atoms with Gasteiger partial charge in [0.05, 0.1) is 11.8 Å². The zero-order chi connectivity index (χ0) is 12.6. The Hall–Kier alpha value is -1.10. The van der Waals surface area contributed by atoms with Gasteiger partial charge in [0.2, 0.25) is 0 Å². The number of carbonyl (C=O) groups is 2. The fraction of sp³-hybridized carbons (Fsp3) is 0.833. The molecule has 0 radical (unpaired) electrons. The molecule has 0 aromatic carbocycles. The van der Waals surface area contributed by atoms with Gasteiger partial charge in [0.15, 0.2) is 0 Å². The van der Waals surface area contributed by atoms with Crippen molar-refractivity contribution in [2.75, 3.05) is 0 Å². The molecule has 5 N–H and O–H groups in total. The summed E-state index contributed by atoms with van der Waals surface area (Å²) in [6.45, 7) is 3.66. The molecule has 0 aliphatic heterocycles. The van der Waals surface area contributed by atoms with Gasteiger partial charge < -0.3 is 16.4 Å². The maximum Gasteiger partial charge on any atom is 0.306 e. The van der Waals surface area contributed by atoms with Crippen molar-refractivity contribution >= 4 is 11.9 Å². The molecule has 5 heteroatoms. The molecule has 0 amide bonds. The lowest BCUT2D eigenvalue weighted by molar-refractivity contribution is -0.145. The van der Waals surface area contributed by atoms with Crippen molar-refractivity contribution in [2.24, 2.45) is 11.8 Å². The van der Waals surface area contributed by atoms with Gasteiger partial charge in [-0.1, -0.05) is 39.5 Å². The lowest BCUT2D eigenvalue weighted by Crippen LogP contribution is -2.21. The number of rotatable bonds is 9. The minimum Gasteiger partial charge on any atom is -0.481 e. The first kappa shape index (κ1) is 18.3. The van der Waals surface area contributed by atoms with Gasteiger partial charge in [0.25, 0.3) is 0 Å². The molecule has 0 bridgehead atoms. The van der Waals surface area contributed by atoms with Gasteiger partial charge in [-0.05, 0) is 12.8 Å². The average molecular weight is 247 g/mol. The third kappa shape index (κ3) is 8.68. The van der Waals surface area contributed by atoms with Crippen LogP contribution in [0.15, 0.2) is 0 Å². The Labute approximate surface area is 103 Å². The highest BCUT2D eigenvalue weighted by atomic mass is 16.4. The Kier molecular flexibility index (Phi) is 10.8. The van der Waals surface area contributed by atoms with Gasteiger partial charge in [-0.3, -0.25) is 9.59 Å². The third-order valence-electron chi connectivity index (χ3n) is 2.82. The van der Waals surface area contributed by atoms with Crippen molar-refractivity contribution in [1.29, 1.82) is 0 Å². The van der Waals surface area contributed by atoms with Crippen LogP contribution < -0.4 is 6.15 Å². The molecule has 102 valence electrons. The molecule has 0 heterocycles. The van der Waals surface area contributed by atoms with E-state index < -0.39 is 23.8 Å². The van der Waals surface area contributed by atoms with Gasteiger partial charge in [-0.15, -0.1) is 0 Å². The number of hydrogen-bond acceptors (Lipinski definition) is 3. The van der Waals surface area contributed by atoms with Crippen molar-refractivity contribution in [1.82, 2.24) is 6.15 Å². The van der Waals surface area contributed by atoms with Crippen LogP contribution in [0.1, 0.15) is 52.4 Å². The maximum absolute atomic E-state index is 10.9. The van der Waals surface area contributed by atoms with E-state index in [1.54, 1.807) is 6.92 Å². The van der Waals surface area contributed by atoms with Crippen LogP contribution in [0, 0.1) is 11.8 Å². The second-order valence-corrected chi connectivity index (χ2v) is 4.36. The third-order valence-corrected chi connectivity index (χ3v) is 2.82. The van der Waals surface area contributed by atoms with Crippen LogP contribution in [0.2, 0.25) is 0 Å². The van der Waals surface area contributed by atoms with E-state index in [1.165, 1.54) is 0 Å². The summed E-state index contributed by atoms with van der Waals surface area (Å²) in [7, 11) is 0. The molecule has 0 aromatic heterocycles. The van der Waals surface area contributed by atoms with Crippen molar-refractivity contribution in [3.63, 3.8) is 0 Å². The largest absolute Gasteiger partial charge is 0.481 e. The number of carboxylic acid groups (broad SMARTS) is 2. The Morgan fingerprint density at radius 1 is 1.06 bits per heavy atom. The molecule has 2 atom stereocenters. The molecular formula is C12H25NO4. The van der Waals surface area contributed by atoms with E-state index in [0.717, 1.165) is 25.7 Å². The van der Waals surface area contributed by atoms with E-state index in [2.05, 4.69) is 6.92 Å². The monoisotopic (exact) mass is 247 g/mol. The van der Waals surface area contributed by atoms with Crippen molar-refractivity contribution in [3.8, 4) is 0 Å². The van der Waals surface area contributed by atoms with Crippen LogP contribution >= 0.6 is 0 Å². The van der Waals surface area contributed by atoms with Crippen LogP contribution in [0.4, 0.5) is 0 Å². The van der Waals surface area contributed by atoms with Gasteiger partial charge in [0, 0.05) is 0 Å². The van der Waals surface area contributed by atoms with E-state index >= 15 is 0 Å². The maximum atomic E-state index is 10.9. The Morgan fingerprint density at radius 2 is 1.65 bits per heavy atom. The molecule has 17 heavy (non-hydrogen) atoms. The smallest absolute Gasteiger partial charge is 0.306 e. The molecule has 0 saturated heterocycles. The molecule has 0 saturated carbocycles. The molecule has 0 aromatic rings. The van der Waals surface area contributed by atoms with Crippen molar-refractivity contribution in [3.05, 3.63) is 0 Å². The second kappa shape index (κ2) is 10.1. The fourth-order valence-corrected chi connectivity index (χ4v) is 1.69. The van der Waals surface area contributed by atoms with Crippen LogP contribution in [0.3, 0.4) is 0 Å². The molecule has 0 spiro atoms. The van der Waals surface area contributed by atoms with Crippen LogP contribution in [0.5, 0.6) is 0 Å². The molecule has 5 nitrogen and oxygen atoms in total. The standard InChI is InChI=1S/C12H22O4.H3N/c1-3-4-5-6-7-10(12(15)16)8-9(2)11(13)14;/h9-10H,3-8H2,1-2H3,(H,13,14)(H,15,16);1H3. The molecule has 0 rings (SSSR count). The van der Waals surface area contributed by atoms with Crippen LogP contribution in [-0.2, 0) is 9.59 Å². The molecule has 0 aliphatic carbocycles. The lowest BCUT2D eigenvalue weighted by Gasteiger charge is -2.14. The highest BCUT2D eigenvalue weighted by Crippen LogP contribution is 2.19. The summed E-state index contributed by atoms with van der Waals surface area (Å²) in [5, 5.41) is 17.7. The van der Waals surface area contributed by atoms with E-state index in [9.17, 15) is 9.59 Å². The summed E-state index contributed by atoms with van der Waals surface area (Å²) in [5.41, 5.74) is 0. The van der Waals surface area contributed by atoms with E-state index in [4.69, 9.17) is 10.2 Å². The zero-order valence-electron chi connectivity index (χ0n) is 10.8. The molecule has 2 unspecified atom stereocenters. The summed E-state index contributed by atoms with van der Waals surface area (Å²) in [6, 6.07) is 0. The zero-order valence-corrected chi connectivity index (χ0v) is 10.8. The Bertz CT molecular complexity index is 231.